The molecule has 1 aliphatic rings. The van der Waals surface area contributed by atoms with E-state index in [2.05, 4.69) is 11.1 Å². The molecule has 1 unspecified atom stereocenters. The van der Waals surface area contributed by atoms with Crippen LogP contribution in [0.1, 0.15) is 28.9 Å². The topological polar surface area (TPSA) is 101 Å². The smallest absolute Gasteiger partial charge is 0.274 e. The molecule has 2 aromatic heterocycles. The zero-order valence-corrected chi connectivity index (χ0v) is 17.5. The molecule has 1 atom stereocenters. The van der Waals surface area contributed by atoms with Crippen molar-refractivity contribution in [3.8, 4) is 23.0 Å². The Bertz CT molecular complexity index is 1330. The van der Waals surface area contributed by atoms with Gasteiger partial charge in [-0.3, -0.25) is 9.78 Å². The number of benzene rings is 2. The van der Waals surface area contributed by atoms with E-state index in [-0.39, 0.29) is 11.9 Å². The number of aromatic nitrogens is 3. The highest BCUT2D eigenvalue weighted by Gasteiger charge is 2.25. The normalized spacial score (nSPS) is 16.1. The fourth-order valence-electron chi connectivity index (χ4n) is 4.15. The minimum Gasteiger partial charge on any atom is -0.336 e. The van der Waals surface area contributed by atoms with Crippen LogP contribution in [0.3, 0.4) is 0 Å². The van der Waals surface area contributed by atoms with Gasteiger partial charge < -0.3 is 10.6 Å². The first-order valence-electron chi connectivity index (χ1n) is 10.6. The number of nitrogens with two attached hydrogens (primary N) is 1. The minimum atomic E-state index is -0.115. The van der Waals surface area contributed by atoms with Crippen LogP contribution in [-0.2, 0) is 0 Å². The first-order valence-corrected chi connectivity index (χ1v) is 10.6. The first-order chi connectivity index (χ1) is 15.6. The van der Waals surface area contributed by atoms with Gasteiger partial charge in [-0.2, -0.15) is 10.4 Å². The summed E-state index contributed by atoms with van der Waals surface area (Å²) in [6.45, 7) is 1.23. The lowest BCUT2D eigenvalue weighted by Crippen LogP contribution is -2.45. The van der Waals surface area contributed by atoms with Gasteiger partial charge in [0, 0.05) is 36.3 Å². The van der Waals surface area contributed by atoms with Crippen molar-refractivity contribution in [3.63, 3.8) is 0 Å². The van der Waals surface area contributed by atoms with Gasteiger partial charge in [-0.05, 0) is 55.3 Å². The molecule has 2 N–H and O–H groups in total. The summed E-state index contributed by atoms with van der Waals surface area (Å²) >= 11 is 0. The molecule has 0 saturated carbocycles. The molecule has 2 aromatic carbocycles. The maximum absolute atomic E-state index is 13.2. The molecule has 5 rings (SSSR count). The van der Waals surface area contributed by atoms with E-state index in [1.165, 1.54) is 0 Å². The third kappa shape index (κ3) is 3.72. The van der Waals surface area contributed by atoms with Crippen molar-refractivity contribution in [1.82, 2.24) is 19.7 Å². The maximum Gasteiger partial charge on any atom is 0.274 e. The Morgan fingerprint density at radius 2 is 1.97 bits per heavy atom. The fraction of sp³-hybridized carbons (Fsp3) is 0.200. The molecule has 0 spiro atoms. The first kappa shape index (κ1) is 19.9. The molecule has 32 heavy (non-hydrogen) atoms. The van der Waals surface area contributed by atoms with Crippen molar-refractivity contribution >= 4 is 16.8 Å². The van der Waals surface area contributed by atoms with Crippen LogP contribution in [0.4, 0.5) is 0 Å². The Morgan fingerprint density at radius 1 is 1.12 bits per heavy atom. The van der Waals surface area contributed by atoms with Crippen molar-refractivity contribution in [3.05, 3.63) is 78.1 Å². The number of rotatable bonds is 3. The second kappa shape index (κ2) is 8.25. The number of amides is 1. The average Bonchev–Trinajstić information content (AvgIpc) is 3.29. The van der Waals surface area contributed by atoms with Gasteiger partial charge in [0.2, 0.25) is 0 Å². The molecule has 0 radical (unpaired) electrons. The Labute approximate surface area is 185 Å². The van der Waals surface area contributed by atoms with E-state index in [9.17, 15) is 4.79 Å². The van der Waals surface area contributed by atoms with E-state index < -0.39 is 0 Å². The Kier molecular flexibility index (Phi) is 5.13. The zero-order valence-electron chi connectivity index (χ0n) is 17.5. The summed E-state index contributed by atoms with van der Waals surface area (Å²) in [7, 11) is 0. The van der Waals surface area contributed by atoms with Crippen LogP contribution in [0.5, 0.6) is 0 Å². The number of pyridine rings is 1. The number of likely N-dealkylation sites (tertiary alicyclic amines) is 1. The lowest BCUT2D eigenvalue weighted by atomic mass is 10.1. The van der Waals surface area contributed by atoms with E-state index in [1.54, 1.807) is 27.9 Å². The Balaban J connectivity index is 1.61. The molecule has 7 nitrogen and oxygen atoms in total. The quantitative estimate of drug-likeness (QED) is 0.544. The van der Waals surface area contributed by atoms with Crippen molar-refractivity contribution < 1.29 is 4.79 Å². The van der Waals surface area contributed by atoms with E-state index in [0.29, 0.717) is 24.3 Å². The summed E-state index contributed by atoms with van der Waals surface area (Å²) in [5.41, 5.74) is 10.4. The monoisotopic (exact) mass is 422 g/mol. The molecule has 1 fully saturated rings. The Hall–Kier alpha value is -4.02. The summed E-state index contributed by atoms with van der Waals surface area (Å²) in [4.78, 5) is 19.4. The highest BCUT2D eigenvalue weighted by atomic mass is 16.2. The highest BCUT2D eigenvalue weighted by molar-refractivity contribution is 5.94. The second-order valence-electron chi connectivity index (χ2n) is 8.05. The Morgan fingerprint density at radius 3 is 2.75 bits per heavy atom. The molecular weight excluding hydrogens is 400 g/mol. The van der Waals surface area contributed by atoms with Gasteiger partial charge in [0.05, 0.1) is 28.5 Å². The molecule has 4 aromatic rings. The SMILES string of the molecule is N#Cc1ccc(-c2cc(C(=O)N3CCCC(N)C3)nn2-c2ccc3ncccc3c2)cc1. The molecule has 1 aliphatic heterocycles. The van der Waals surface area contributed by atoms with Crippen molar-refractivity contribution in [2.75, 3.05) is 13.1 Å². The number of hydrogen-bond acceptors (Lipinski definition) is 5. The molecular formula is C25H22N6O. The van der Waals surface area contributed by atoms with E-state index in [1.807, 2.05) is 48.5 Å². The predicted molar refractivity (Wildman–Crippen MR) is 122 cm³/mol. The standard InChI is InChI=1S/C25H22N6O/c26-15-17-5-7-18(8-6-17)24-14-23(25(32)30-12-2-4-20(27)16-30)29-31(24)21-9-10-22-19(13-21)3-1-11-28-22/h1,3,5-11,13-14,20H,2,4,12,16,27H2. The summed E-state index contributed by atoms with van der Waals surface area (Å²) in [6, 6.07) is 21.0. The van der Waals surface area contributed by atoms with E-state index in [4.69, 9.17) is 16.1 Å². The van der Waals surface area contributed by atoms with E-state index in [0.717, 1.165) is 40.7 Å². The molecule has 1 saturated heterocycles. The molecule has 1 amide bonds. The number of piperidine rings is 1. The van der Waals surface area contributed by atoms with E-state index >= 15 is 0 Å². The number of nitrogens with zero attached hydrogens (tertiary/aromatic N) is 5. The van der Waals surface area contributed by atoms with Gasteiger partial charge in [-0.1, -0.05) is 18.2 Å². The lowest BCUT2D eigenvalue weighted by molar-refractivity contribution is 0.0702. The number of carbonyl (C=O) groups excluding carboxylic acids is 1. The predicted octanol–water partition coefficient (Wildman–Crippen LogP) is 3.52. The van der Waals surface area contributed by atoms with Gasteiger partial charge in [0.15, 0.2) is 5.69 Å². The third-order valence-electron chi connectivity index (χ3n) is 5.81. The largest absolute Gasteiger partial charge is 0.336 e. The molecule has 158 valence electrons. The molecule has 0 bridgehead atoms. The van der Waals surface area contributed by atoms with Crippen molar-refractivity contribution in [2.24, 2.45) is 5.73 Å². The zero-order chi connectivity index (χ0) is 22.1. The van der Waals surface area contributed by atoms with Crippen LogP contribution in [0.25, 0.3) is 27.8 Å². The molecule has 7 heteroatoms. The lowest BCUT2D eigenvalue weighted by Gasteiger charge is -2.30. The summed E-state index contributed by atoms with van der Waals surface area (Å²) in [6.07, 6.45) is 3.59. The van der Waals surface area contributed by atoms with Crippen LogP contribution >= 0.6 is 0 Å². The molecule has 0 aliphatic carbocycles. The summed E-state index contributed by atoms with van der Waals surface area (Å²) in [5, 5.41) is 14.8. The summed E-state index contributed by atoms with van der Waals surface area (Å²) < 4.78 is 1.78. The van der Waals surface area contributed by atoms with Crippen LogP contribution in [0, 0.1) is 11.3 Å². The van der Waals surface area contributed by atoms with Crippen LogP contribution < -0.4 is 5.73 Å². The number of fused-ring (bicyclic) bond motifs is 1. The van der Waals surface area contributed by atoms with Gasteiger partial charge in [-0.25, -0.2) is 4.68 Å². The van der Waals surface area contributed by atoms with Gasteiger partial charge >= 0.3 is 0 Å². The fourth-order valence-corrected chi connectivity index (χ4v) is 4.15. The number of carbonyl (C=O) groups is 1. The third-order valence-corrected chi connectivity index (χ3v) is 5.81. The highest BCUT2D eigenvalue weighted by Crippen LogP contribution is 2.27. The van der Waals surface area contributed by atoms with Crippen LogP contribution in [0.15, 0.2) is 66.9 Å². The van der Waals surface area contributed by atoms with Crippen molar-refractivity contribution in [1.29, 1.82) is 5.26 Å². The summed E-state index contributed by atoms with van der Waals surface area (Å²) in [5.74, 6) is -0.115. The molecule has 3 heterocycles. The van der Waals surface area contributed by atoms with Crippen LogP contribution in [0.2, 0.25) is 0 Å². The van der Waals surface area contributed by atoms with Crippen LogP contribution in [-0.4, -0.2) is 44.7 Å². The van der Waals surface area contributed by atoms with Crippen molar-refractivity contribution in [2.45, 2.75) is 18.9 Å². The van der Waals surface area contributed by atoms with Gasteiger partial charge in [-0.15, -0.1) is 0 Å². The number of hydrogen-bond donors (Lipinski definition) is 1. The number of nitriles is 1. The maximum atomic E-state index is 13.2. The minimum absolute atomic E-state index is 0.000713. The van der Waals surface area contributed by atoms with Gasteiger partial charge in [0.1, 0.15) is 0 Å². The second-order valence-corrected chi connectivity index (χ2v) is 8.05. The average molecular weight is 422 g/mol. The van der Waals surface area contributed by atoms with Gasteiger partial charge in [0.25, 0.3) is 5.91 Å².